The van der Waals surface area contributed by atoms with Crippen molar-refractivity contribution < 1.29 is 9.90 Å². The summed E-state index contributed by atoms with van der Waals surface area (Å²) in [7, 11) is 0. The average Bonchev–Trinajstić information content (AvgIpc) is 3.52. The van der Waals surface area contributed by atoms with Gasteiger partial charge in [0.25, 0.3) is 0 Å². The van der Waals surface area contributed by atoms with Gasteiger partial charge in [0.1, 0.15) is 0 Å². The van der Waals surface area contributed by atoms with Crippen LogP contribution in [0, 0.1) is 46.3 Å². The zero-order chi connectivity index (χ0) is 23.4. The van der Waals surface area contributed by atoms with E-state index >= 15 is 0 Å². The van der Waals surface area contributed by atoms with Gasteiger partial charge >= 0.3 is 0 Å². The first-order valence-corrected chi connectivity index (χ1v) is 13.8. The lowest BCUT2D eigenvalue weighted by Gasteiger charge is -2.62. The van der Waals surface area contributed by atoms with Gasteiger partial charge in [-0.1, -0.05) is 25.9 Å². The maximum Gasteiger partial charge on any atom is 0.220 e. The predicted molar refractivity (Wildman–Crippen MR) is 129 cm³/mol. The van der Waals surface area contributed by atoms with Crippen LogP contribution in [0.2, 0.25) is 0 Å². The fraction of sp³-hybridized carbons (Fsp3) is 0.963. The minimum Gasteiger partial charge on any atom is -0.393 e. The molecule has 1 amide bonds. The zero-order valence-electron chi connectivity index (χ0n) is 20.9. The fourth-order valence-corrected chi connectivity index (χ4v) is 9.43. The summed E-state index contributed by atoms with van der Waals surface area (Å²) in [6.07, 6.45) is 12.7. The van der Waals surface area contributed by atoms with Crippen LogP contribution >= 0.6 is 0 Å². The number of rotatable bonds is 6. The summed E-state index contributed by atoms with van der Waals surface area (Å²) < 4.78 is 0. The lowest BCUT2D eigenvalue weighted by molar-refractivity contribution is -0.169. The Morgan fingerprint density at radius 1 is 1.12 bits per heavy atom. The van der Waals surface area contributed by atoms with Gasteiger partial charge in [-0.3, -0.25) is 4.79 Å². The topological polar surface area (TPSA) is 98.1 Å². The molecule has 5 fully saturated rings. The van der Waals surface area contributed by atoms with Crippen molar-refractivity contribution in [2.24, 2.45) is 51.5 Å². The molecule has 5 aliphatic carbocycles. The number of hydrogen-bond acceptors (Lipinski definition) is 3. The van der Waals surface area contributed by atoms with Crippen molar-refractivity contribution in [1.29, 1.82) is 0 Å². The van der Waals surface area contributed by atoms with E-state index in [1.54, 1.807) is 0 Å². The largest absolute Gasteiger partial charge is 0.393 e. The maximum absolute atomic E-state index is 12.3. The monoisotopic (exact) mass is 456 g/mol. The van der Waals surface area contributed by atoms with Gasteiger partial charge in [-0.15, -0.1) is 0 Å². The molecular weight excluding hydrogens is 412 g/mol. The quantitative estimate of drug-likeness (QED) is 0.291. The summed E-state index contributed by atoms with van der Waals surface area (Å²) in [4.78, 5) is 15.4. The molecule has 0 spiro atoms. The van der Waals surface area contributed by atoms with E-state index < -0.39 is 0 Å². The van der Waals surface area contributed by atoms with E-state index in [-0.39, 0.29) is 28.9 Å². The number of nitrogens with one attached hydrogen (secondary N) is 1. The predicted octanol–water partition coefficient (Wildman–Crippen LogP) is 5.99. The standard InChI is InChI=1S/C27H44N4O2/c1-16(4-11-25(33)29-18-6-7-18)21-9-10-22-20-8-5-17-14-19(30-31-28)12-13-26(17,2)23(20)15-24(32)27(21,22)3/h16-24,32H,4-15H2,1-3H3,(H,29,33)/t16-,17-,19-,20+,21-,22+,23+,24+,26+,27-/m1/s1. The summed E-state index contributed by atoms with van der Waals surface area (Å²) in [6, 6.07) is 0.605. The van der Waals surface area contributed by atoms with E-state index in [9.17, 15) is 9.90 Å². The Balaban J connectivity index is 1.28. The van der Waals surface area contributed by atoms with Gasteiger partial charge in [0.2, 0.25) is 5.91 Å². The molecule has 2 N–H and O–H groups in total. The second kappa shape index (κ2) is 8.75. The van der Waals surface area contributed by atoms with Crippen molar-refractivity contribution in [3.8, 4) is 0 Å². The Morgan fingerprint density at radius 2 is 1.91 bits per heavy atom. The van der Waals surface area contributed by atoms with Crippen molar-refractivity contribution in [3.63, 3.8) is 0 Å². The molecule has 6 heteroatoms. The van der Waals surface area contributed by atoms with Crippen molar-refractivity contribution in [1.82, 2.24) is 5.32 Å². The molecule has 6 nitrogen and oxygen atoms in total. The third-order valence-electron chi connectivity index (χ3n) is 11.5. The van der Waals surface area contributed by atoms with Gasteiger partial charge in [0, 0.05) is 23.4 Å². The molecule has 0 aliphatic heterocycles. The molecule has 0 heterocycles. The summed E-state index contributed by atoms with van der Waals surface area (Å²) >= 11 is 0. The molecule has 10 atom stereocenters. The van der Waals surface area contributed by atoms with Gasteiger partial charge in [0.05, 0.1) is 6.10 Å². The van der Waals surface area contributed by atoms with Gasteiger partial charge < -0.3 is 10.4 Å². The van der Waals surface area contributed by atoms with Crippen molar-refractivity contribution in [3.05, 3.63) is 10.4 Å². The Labute approximate surface area is 199 Å². The van der Waals surface area contributed by atoms with E-state index in [2.05, 4.69) is 36.1 Å². The van der Waals surface area contributed by atoms with E-state index in [0.29, 0.717) is 48.0 Å². The van der Waals surface area contributed by atoms with E-state index in [1.807, 2.05) is 0 Å². The van der Waals surface area contributed by atoms with Crippen molar-refractivity contribution >= 4 is 5.91 Å². The van der Waals surface area contributed by atoms with Gasteiger partial charge in [0.15, 0.2) is 0 Å². The number of nitrogens with zero attached hydrogens (tertiary/aromatic N) is 3. The number of aliphatic hydroxyl groups excluding tert-OH is 1. The Hall–Kier alpha value is -1.26. The van der Waals surface area contributed by atoms with E-state index in [4.69, 9.17) is 5.53 Å². The smallest absolute Gasteiger partial charge is 0.220 e. The lowest BCUT2D eigenvalue weighted by Crippen LogP contribution is -2.58. The highest BCUT2D eigenvalue weighted by molar-refractivity contribution is 5.76. The zero-order valence-corrected chi connectivity index (χ0v) is 20.9. The molecule has 0 saturated heterocycles. The number of hydrogen-bond donors (Lipinski definition) is 2. The van der Waals surface area contributed by atoms with Crippen LogP contribution in [0.3, 0.4) is 0 Å². The molecule has 0 aromatic rings. The summed E-state index contributed by atoms with van der Waals surface area (Å²) in [5.41, 5.74) is 9.17. The number of carbonyl (C=O) groups excluding carboxylic acids is 1. The molecule has 5 saturated carbocycles. The second-order valence-electron chi connectivity index (χ2n) is 12.9. The van der Waals surface area contributed by atoms with E-state index in [0.717, 1.165) is 44.9 Å². The summed E-state index contributed by atoms with van der Waals surface area (Å²) in [5.74, 6) is 3.74. The van der Waals surface area contributed by atoms with E-state index in [1.165, 1.54) is 25.7 Å². The minimum atomic E-state index is -0.246. The first-order chi connectivity index (χ1) is 15.8. The SMILES string of the molecule is C[C@H](CCC(=O)NC1CC1)[C@H]1CC[C@H]2[C@@H]3CC[C@@H]4C[C@H](N=[N+]=[N-])CC[C@]4(C)[C@H]3C[C@H](O)[C@]12C. The third-order valence-corrected chi connectivity index (χ3v) is 11.5. The number of fused-ring (bicyclic) bond motifs is 5. The van der Waals surface area contributed by atoms with Crippen LogP contribution in [0.4, 0.5) is 0 Å². The molecule has 5 aliphatic rings. The Kier molecular flexibility index (Phi) is 6.23. The van der Waals surface area contributed by atoms with Gasteiger partial charge in [-0.05, 0) is 122 Å². The number of aliphatic hydroxyl groups is 1. The van der Waals surface area contributed by atoms with Crippen LogP contribution in [-0.2, 0) is 4.79 Å². The summed E-state index contributed by atoms with van der Waals surface area (Å²) in [5, 5.41) is 18.9. The Morgan fingerprint density at radius 3 is 2.64 bits per heavy atom. The Bertz CT molecular complexity index is 808. The molecule has 0 aromatic heterocycles. The highest BCUT2D eigenvalue weighted by atomic mass is 16.3. The third kappa shape index (κ3) is 3.99. The first kappa shape index (κ1) is 23.5. The number of carbonyl (C=O) groups is 1. The number of azide groups is 1. The van der Waals surface area contributed by atoms with Gasteiger partial charge in [-0.2, -0.15) is 0 Å². The number of amides is 1. The van der Waals surface area contributed by atoms with Crippen LogP contribution in [0.1, 0.15) is 97.8 Å². The molecule has 33 heavy (non-hydrogen) atoms. The van der Waals surface area contributed by atoms with Crippen LogP contribution < -0.4 is 5.32 Å². The molecule has 0 bridgehead atoms. The van der Waals surface area contributed by atoms with Crippen molar-refractivity contribution in [2.75, 3.05) is 0 Å². The van der Waals surface area contributed by atoms with Gasteiger partial charge in [-0.25, -0.2) is 0 Å². The molecule has 0 aromatic carbocycles. The maximum atomic E-state index is 12.3. The van der Waals surface area contributed by atoms with Crippen molar-refractivity contribution in [2.45, 2.75) is 116 Å². The van der Waals surface area contributed by atoms with Crippen LogP contribution in [0.15, 0.2) is 5.11 Å². The van der Waals surface area contributed by atoms with Crippen LogP contribution in [0.5, 0.6) is 0 Å². The molecule has 0 radical (unpaired) electrons. The summed E-state index contributed by atoms with van der Waals surface area (Å²) in [6.45, 7) is 7.21. The molecular formula is C27H44N4O2. The van der Waals surface area contributed by atoms with Crippen LogP contribution in [0.25, 0.3) is 10.4 Å². The second-order valence-corrected chi connectivity index (χ2v) is 12.9. The molecule has 184 valence electrons. The average molecular weight is 457 g/mol. The highest BCUT2D eigenvalue weighted by Crippen LogP contribution is 2.68. The minimum absolute atomic E-state index is 0.0148. The highest BCUT2D eigenvalue weighted by Gasteiger charge is 2.63. The van der Waals surface area contributed by atoms with Crippen LogP contribution in [-0.4, -0.2) is 29.2 Å². The fourth-order valence-electron chi connectivity index (χ4n) is 9.43. The molecule has 5 rings (SSSR count). The lowest BCUT2D eigenvalue weighted by atomic mass is 9.43. The first-order valence-electron chi connectivity index (χ1n) is 13.8. The normalized spacial score (nSPS) is 47.5. The molecule has 0 unspecified atom stereocenters.